The van der Waals surface area contributed by atoms with Gasteiger partial charge in [0.1, 0.15) is 11.4 Å². The highest BCUT2D eigenvalue weighted by Crippen LogP contribution is 2.50. The smallest absolute Gasteiger partial charge is 0.257 e. The van der Waals surface area contributed by atoms with E-state index in [2.05, 4.69) is 15.0 Å². The third kappa shape index (κ3) is 4.87. The van der Waals surface area contributed by atoms with Crippen molar-refractivity contribution in [2.45, 2.75) is 43.2 Å². The van der Waals surface area contributed by atoms with Crippen molar-refractivity contribution < 1.29 is 24.1 Å². The first kappa shape index (κ1) is 27.7. The molecule has 1 amide bonds. The molecular formula is C30H25Cl2FN4O4. The van der Waals surface area contributed by atoms with Crippen LogP contribution in [0.3, 0.4) is 0 Å². The van der Waals surface area contributed by atoms with E-state index in [9.17, 15) is 15.0 Å². The van der Waals surface area contributed by atoms with Crippen LogP contribution in [0.2, 0.25) is 10.0 Å². The predicted molar refractivity (Wildman–Crippen MR) is 149 cm³/mol. The van der Waals surface area contributed by atoms with Crippen molar-refractivity contribution in [3.05, 3.63) is 123 Å². The van der Waals surface area contributed by atoms with Crippen LogP contribution < -0.4 is 0 Å². The number of fused-ring (bicyclic) bond motifs is 1. The fourth-order valence-electron chi connectivity index (χ4n) is 5.09. The maximum Gasteiger partial charge on any atom is 0.257 e. The summed E-state index contributed by atoms with van der Waals surface area (Å²) in [6, 6.07) is 14.1. The number of carbonyl (C=O) groups excluding carboxylic acids is 1. The molecule has 1 saturated carbocycles. The Kier molecular flexibility index (Phi) is 6.83. The number of benzene rings is 2. The zero-order valence-corrected chi connectivity index (χ0v) is 23.4. The van der Waals surface area contributed by atoms with Crippen molar-refractivity contribution in [1.29, 1.82) is 0 Å². The second-order valence-corrected chi connectivity index (χ2v) is 11.4. The van der Waals surface area contributed by atoms with Crippen LogP contribution >= 0.6 is 23.2 Å². The lowest BCUT2D eigenvalue weighted by Gasteiger charge is -2.40. The number of aromatic nitrogens is 3. The topological polar surface area (TPSA) is 109 Å². The normalized spacial score (nSPS) is 20.5. The SMILES string of the molecule is CC(O)(c1cc(F)c2c(c1)C(=O)N(Cc1ccc(Cl)cn1)[C@@]2(OCC1(O)CC1)c1ccc(Cl)cc1)c1ncccn1. The second kappa shape index (κ2) is 10.1. The summed E-state index contributed by atoms with van der Waals surface area (Å²) in [6.45, 7) is 1.21. The van der Waals surface area contributed by atoms with E-state index in [0.29, 0.717) is 34.1 Å². The third-order valence-electron chi connectivity index (χ3n) is 7.57. The van der Waals surface area contributed by atoms with Crippen LogP contribution in [0.15, 0.2) is 73.2 Å². The minimum absolute atomic E-state index is 0.0112. The Balaban J connectivity index is 1.56. The first-order chi connectivity index (χ1) is 19.5. The minimum atomic E-state index is -1.81. The molecule has 3 heterocycles. The number of amides is 1. The average molecular weight is 595 g/mol. The Hall–Kier alpha value is -3.47. The van der Waals surface area contributed by atoms with E-state index in [1.54, 1.807) is 42.5 Å². The molecule has 4 aromatic rings. The van der Waals surface area contributed by atoms with Gasteiger partial charge in [-0.25, -0.2) is 14.4 Å². The van der Waals surface area contributed by atoms with Gasteiger partial charge in [0, 0.05) is 29.2 Å². The third-order valence-corrected chi connectivity index (χ3v) is 8.04. The van der Waals surface area contributed by atoms with Crippen molar-refractivity contribution in [3.8, 4) is 0 Å². The molecule has 2 aromatic heterocycles. The van der Waals surface area contributed by atoms with E-state index in [1.807, 2.05) is 0 Å². The Labute approximate surface area is 245 Å². The standard InChI is InChI=1S/C30H25Cl2FN4O4/c1-28(39,27-34-11-2-12-35-27)19-13-23-25(24(33)14-19)30(41-17-29(40)9-10-29,18-3-5-20(31)6-4-18)37(26(23)38)16-22-8-7-21(32)15-36-22/h2-8,11-15,39-40H,9-10,16-17H2,1H3/t28?,30-/m1/s1. The summed E-state index contributed by atoms with van der Waals surface area (Å²) in [6.07, 6.45) is 5.43. The van der Waals surface area contributed by atoms with E-state index in [1.165, 1.54) is 36.5 Å². The first-order valence-corrected chi connectivity index (χ1v) is 13.7. The number of carbonyl (C=O) groups is 1. The molecule has 2 N–H and O–H groups in total. The molecule has 2 aliphatic rings. The molecule has 2 aromatic carbocycles. The maximum absolute atomic E-state index is 16.5. The van der Waals surface area contributed by atoms with E-state index < -0.39 is 28.7 Å². The molecule has 8 nitrogen and oxygen atoms in total. The molecule has 0 radical (unpaired) electrons. The summed E-state index contributed by atoms with van der Waals surface area (Å²) in [5, 5.41) is 23.0. The van der Waals surface area contributed by atoms with E-state index >= 15 is 4.39 Å². The number of ether oxygens (including phenoxy) is 1. The highest BCUT2D eigenvalue weighted by molar-refractivity contribution is 6.30. The Morgan fingerprint density at radius 2 is 1.73 bits per heavy atom. The van der Waals surface area contributed by atoms with Gasteiger partial charge in [-0.15, -0.1) is 0 Å². The molecule has 0 saturated heterocycles. The number of pyridine rings is 1. The van der Waals surface area contributed by atoms with Crippen molar-refractivity contribution >= 4 is 29.1 Å². The van der Waals surface area contributed by atoms with Gasteiger partial charge in [0.2, 0.25) is 0 Å². The molecule has 11 heteroatoms. The summed E-state index contributed by atoms with van der Waals surface area (Å²) in [5.41, 5.74) is -3.74. The zero-order chi connectivity index (χ0) is 29.0. The molecule has 1 aliphatic heterocycles. The Morgan fingerprint density at radius 3 is 2.37 bits per heavy atom. The fourth-order valence-corrected chi connectivity index (χ4v) is 5.32. The largest absolute Gasteiger partial charge is 0.387 e. The highest BCUT2D eigenvalue weighted by atomic mass is 35.5. The van der Waals surface area contributed by atoms with Gasteiger partial charge in [0.15, 0.2) is 11.5 Å². The van der Waals surface area contributed by atoms with Gasteiger partial charge in [-0.2, -0.15) is 0 Å². The van der Waals surface area contributed by atoms with Gasteiger partial charge in [0.05, 0.1) is 40.6 Å². The Morgan fingerprint density at radius 1 is 1.05 bits per heavy atom. The van der Waals surface area contributed by atoms with Crippen LogP contribution in [0.5, 0.6) is 0 Å². The van der Waals surface area contributed by atoms with Gasteiger partial charge in [-0.1, -0.05) is 35.3 Å². The summed E-state index contributed by atoms with van der Waals surface area (Å²) >= 11 is 12.2. The van der Waals surface area contributed by atoms with Crippen LogP contribution in [-0.4, -0.2) is 48.2 Å². The van der Waals surface area contributed by atoms with Crippen LogP contribution in [0, 0.1) is 5.82 Å². The molecule has 1 fully saturated rings. The zero-order valence-electron chi connectivity index (χ0n) is 21.9. The second-order valence-electron chi connectivity index (χ2n) is 10.5. The molecule has 210 valence electrons. The molecule has 2 atom stereocenters. The van der Waals surface area contributed by atoms with E-state index in [-0.39, 0.29) is 35.7 Å². The quantitative estimate of drug-likeness (QED) is 0.296. The molecule has 0 bridgehead atoms. The van der Waals surface area contributed by atoms with Crippen molar-refractivity contribution in [1.82, 2.24) is 19.9 Å². The van der Waals surface area contributed by atoms with Gasteiger partial charge < -0.3 is 14.9 Å². The molecule has 41 heavy (non-hydrogen) atoms. The number of hydrogen-bond acceptors (Lipinski definition) is 7. The van der Waals surface area contributed by atoms with E-state index in [4.69, 9.17) is 27.9 Å². The number of rotatable bonds is 8. The van der Waals surface area contributed by atoms with Crippen molar-refractivity contribution in [2.75, 3.05) is 6.61 Å². The molecule has 1 unspecified atom stereocenters. The summed E-state index contributed by atoms with van der Waals surface area (Å²) in [4.78, 5) is 28.2. The minimum Gasteiger partial charge on any atom is -0.387 e. The van der Waals surface area contributed by atoms with Gasteiger partial charge in [-0.3, -0.25) is 14.7 Å². The van der Waals surface area contributed by atoms with Crippen molar-refractivity contribution in [2.24, 2.45) is 0 Å². The molecule has 0 spiro atoms. The van der Waals surface area contributed by atoms with Gasteiger partial charge in [0.25, 0.3) is 5.91 Å². The first-order valence-electron chi connectivity index (χ1n) is 12.9. The predicted octanol–water partition coefficient (Wildman–Crippen LogP) is 4.97. The lowest BCUT2D eigenvalue weighted by Crippen LogP contribution is -2.48. The summed E-state index contributed by atoms with van der Waals surface area (Å²) in [5.74, 6) is -1.30. The van der Waals surface area contributed by atoms with Crippen LogP contribution in [0.4, 0.5) is 4.39 Å². The number of nitrogens with zero attached hydrogens (tertiary/aromatic N) is 4. The lowest BCUT2D eigenvalue weighted by molar-refractivity contribution is -0.139. The summed E-state index contributed by atoms with van der Waals surface area (Å²) in [7, 11) is 0. The van der Waals surface area contributed by atoms with Crippen LogP contribution in [0.25, 0.3) is 0 Å². The number of hydrogen-bond donors (Lipinski definition) is 2. The summed E-state index contributed by atoms with van der Waals surface area (Å²) < 4.78 is 23.0. The van der Waals surface area contributed by atoms with Crippen LogP contribution in [0.1, 0.15) is 58.3 Å². The lowest BCUT2D eigenvalue weighted by atomic mass is 9.87. The number of halogens is 3. The average Bonchev–Trinajstić information content (AvgIpc) is 3.66. The van der Waals surface area contributed by atoms with E-state index in [0.717, 1.165) is 6.07 Å². The maximum atomic E-state index is 16.5. The number of aliphatic hydroxyl groups is 2. The fraction of sp³-hybridized carbons (Fsp3) is 0.267. The van der Waals surface area contributed by atoms with Crippen LogP contribution in [-0.2, 0) is 22.6 Å². The monoisotopic (exact) mass is 594 g/mol. The van der Waals surface area contributed by atoms with Crippen molar-refractivity contribution in [3.63, 3.8) is 0 Å². The molecule has 6 rings (SSSR count). The Bertz CT molecular complexity index is 1620. The van der Waals surface area contributed by atoms with Gasteiger partial charge >= 0.3 is 0 Å². The molecule has 1 aliphatic carbocycles. The molecular weight excluding hydrogens is 570 g/mol. The highest BCUT2D eigenvalue weighted by Gasteiger charge is 2.56. The van der Waals surface area contributed by atoms with Gasteiger partial charge in [-0.05, 0) is 67.8 Å².